The highest BCUT2D eigenvalue weighted by Gasteiger charge is 2.01. The number of hydrogen-bond acceptors (Lipinski definition) is 3. The van der Waals surface area contributed by atoms with E-state index in [9.17, 15) is 0 Å². The van der Waals surface area contributed by atoms with Crippen LogP contribution in [0.25, 0.3) is 0 Å². The van der Waals surface area contributed by atoms with E-state index < -0.39 is 0 Å². The SMILES string of the molecule is COc1ccccc1SCCNCCCC(C)C. The molecule has 0 spiro atoms. The first-order valence-corrected chi connectivity index (χ1v) is 7.69. The van der Waals surface area contributed by atoms with Gasteiger partial charge in [0.1, 0.15) is 5.75 Å². The number of methoxy groups -OCH3 is 1. The van der Waals surface area contributed by atoms with Gasteiger partial charge in [-0.2, -0.15) is 0 Å². The second kappa shape index (κ2) is 9.29. The van der Waals surface area contributed by atoms with Crippen molar-refractivity contribution in [2.45, 2.75) is 31.6 Å². The van der Waals surface area contributed by atoms with Crippen LogP contribution < -0.4 is 10.1 Å². The first-order chi connectivity index (χ1) is 8.74. The van der Waals surface area contributed by atoms with E-state index in [0.717, 1.165) is 30.5 Å². The van der Waals surface area contributed by atoms with Gasteiger partial charge in [-0.1, -0.05) is 26.0 Å². The van der Waals surface area contributed by atoms with Crippen LogP contribution in [0.2, 0.25) is 0 Å². The summed E-state index contributed by atoms with van der Waals surface area (Å²) in [4.78, 5) is 1.23. The lowest BCUT2D eigenvalue weighted by Crippen LogP contribution is -2.18. The second-order valence-electron chi connectivity index (χ2n) is 4.79. The smallest absolute Gasteiger partial charge is 0.132 e. The Morgan fingerprint density at radius 3 is 2.72 bits per heavy atom. The van der Waals surface area contributed by atoms with Gasteiger partial charge >= 0.3 is 0 Å². The zero-order valence-electron chi connectivity index (χ0n) is 11.7. The van der Waals surface area contributed by atoms with Gasteiger partial charge in [-0.05, 0) is 37.4 Å². The quantitative estimate of drug-likeness (QED) is 0.543. The minimum Gasteiger partial charge on any atom is -0.496 e. The summed E-state index contributed by atoms with van der Waals surface area (Å²) in [7, 11) is 1.73. The van der Waals surface area contributed by atoms with E-state index in [1.54, 1.807) is 7.11 Å². The number of nitrogens with one attached hydrogen (secondary N) is 1. The van der Waals surface area contributed by atoms with E-state index in [2.05, 4.69) is 31.3 Å². The van der Waals surface area contributed by atoms with Gasteiger partial charge in [-0.25, -0.2) is 0 Å². The highest BCUT2D eigenvalue weighted by molar-refractivity contribution is 7.99. The first-order valence-electron chi connectivity index (χ1n) is 6.70. The molecule has 1 aromatic rings. The fraction of sp³-hybridized carbons (Fsp3) is 0.600. The topological polar surface area (TPSA) is 21.3 Å². The Morgan fingerprint density at radius 1 is 1.22 bits per heavy atom. The van der Waals surface area contributed by atoms with Crippen molar-refractivity contribution in [3.05, 3.63) is 24.3 Å². The summed E-state index contributed by atoms with van der Waals surface area (Å²) in [6.45, 7) is 6.74. The third-order valence-electron chi connectivity index (χ3n) is 2.74. The predicted molar refractivity (Wildman–Crippen MR) is 80.7 cm³/mol. The molecule has 0 fully saturated rings. The summed E-state index contributed by atoms with van der Waals surface area (Å²) in [5.41, 5.74) is 0. The van der Waals surface area contributed by atoms with Crippen LogP contribution in [0, 0.1) is 5.92 Å². The van der Waals surface area contributed by atoms with E-state index in [1.807, 2.05) is 23.9 Å². The standard InChI is InChI=1S/C15H25NOS/c1-13(2)7-6-10-16-11-12-18-15-9-5-4-8-14(15)17-3/h4-5,8-9,13,16H,6-7,10-12H2,1-3H3. The van der Waals surface area contributed by atoms with Crippen LogP contribution in [0.5, 0.6) is 5.75 Å². The normalized spacial score (nSPS) is 10.9. The number of hydrogen-bond donors (Lipinski definition) is 1. The molecule has 3 heteroatoms. The van der Waals surface area contributed by atoms with Gasteiger partial charge in [-0.3, -0.25) is 0 Å². The van der Waals surface area contributed by atoms with Crippen molar-refractivity contribution < 1.29 is 4.74 Å². The molecule has 102 valence electrons. The highest BCUT2D eigenvalue weighted by Crippen LogP contribution is 2.28. The molecule has 0 amide bonds. The molecule has 18 heavy (non-hydrogen) atoms. The molecule has 0 atom stereocenters. The Bertz CT molecular complexity index is 328. The molecule has 0 aliphatic carbocycles. The van der Waals surface area contributed by atoms with E-state index in [-0.39, 0.29) is 0 Å². The van der Waals surface area contributed by atoms with Gasteiger partial charge in [0.15, 0.2) is 0 Å². The lowest BCUT2D eigenvalue weighted by Gasteiger charge is -2.08. The molecule has 0 saturated carbocycles. The third-order valence-corrected chi connectivity index (χ3v) is 3.80. The molecule has 0 saturated heterocycles. The number of thioether (sulfide) groups is 1. The molecule has 0 aromatic heterocycles. The molecule has 0 aliphatic heterocycles. The van der Waals surface area contributed by atoms with Crippen LogP contribution in [0.3, 0.4) is 0 Å². The fourth-order valence-corrected chi connectivity index (χ4v) is 2.67. The number of ether oxygens (including phenoxy) is 1. The summed E-state index contributed by atoms with van der Waals surface area (Å²) in [5.74, 6) is 2.87. The zero-order chi connectivity index (χ0) is 13.2. The Morgan fingerprint density at radius 2 is 2.00 bits per heavy atom. The van der Waals surface area contributed by atoms with Crippen LogP contribution in [0.1, 0.15) is 26.7 Å². The predicted octanol–water partition coefficient (Wildman–Crippen LogP) is 3.81. The van der Waals surface area contributed by atoms with E-state index >= 15 is 0 Å². The van der Waals surface area contributed by atoms with Crippen LogP contribution in [0.4, 0.5) is 0 Å². The highest BCUT2D eigenvalue weighted by atomic mass is 32.2. The minimum atomic E-state index is 0.815. The van der Waals surface area contributed by atoms with Crippen LogP contribution >= 0.6 is 11.8 Å². The Kier molecular flexibility index (Phi) is 7.94. The molecule has 1 aromatic carbocycles. The van der Waals surface area contributed by atoms with Crippen molar-refractivity contribution >= 4 is 11.8 Å². The van der Waals surface area contributed by atoms with Crippen molar-refractivity contribution in [1.29, 1.82) is 0 Å². The summed E-state index contributed by atoms with van der Waals surface area (Å²) in [5, 5.41) is 3.49. The molecular weight excluding hydrogens is 242 g/mol. The number of rotatable bonds is 9. The van der Waals surface area contributed by atoms with Gasteiger partial charge in [-0.15, -0.1) is 11.8 Å². The van der Waals surface area contributed by atoms with Crippen LogP contribution in [-0.4, -0.2) is 26.0 Å². The van der Waals surface area contributed by atoms with Gasteiger partial charge < -0.3 is 10.1 Å². The monoisotopic (exact) mass is 267 g/mol. The number of benzene rings is 1. The third kappa shape index (κ3) is 6.31. The Hall–Kier alpha value is -0.670. The largest absolute Gasteiger partial charge is 0.496 e. The van der Waals surface area contributed by atoms with Gasteiger partial charge in [0, 0.05) is 17.2 Å². The molecule has 1 N–H and O–H groups in total. The van der Waals surface area contributed by atoms with Gasteiger partial charge in [0.05, 0.1) is 7.11 Å². The maximum Gasteiger partial charge on any atom is 0.132 e. The zero-order valence-corrected chi connectivity index (χ0v) is 12.6. The van der Waals surface area contributed by atoms with Gasteiger partial charge in [0.2, 0.25) is 0 Å². The second-order valence-corrected chi connectivity index (χ2v) is 5.92. The maximum atomic E-state index is 5.33. The fourth-order valence-electron chi connectivity index (χ4n) is 1.73. The number of para-hydroxylation sites is 1. The van der Waals surface area contributed by atoms with E-state index in [4.69, 9.17) is 4.74 Å². The van der Waals surface area contributed by atoms with Gasteiger partial charge in [0.25, 0.3) is 0 Å². The molecular formula is C15H25NOS. The summed E-state index contributed by atoms with van der Waals surface area (Å²) in [6.07, 6.45) is 2.59. The molecule has 0 bridgehead atoms. The summed E-state index contributed by atoms with van der Waals surface area (Å²) < 4.78 is 5.33. The maximum absolute atomic E-state index is 5.33. The van der Waals surface area contributed by atoms with Crippen molar-refractivity contribution in [1.82, 2.24) is 5.32 Å². The van der Waals surface area contributed by atoms with Crippen molar-refractivity contribution in [2.75, 3.05) is 26.0 Å². The molecule has 0 unspecified atom stereocenters. The van der Waals surface area contributed by atoms with Crippen molar-refractivity contribution in [3.63, 3.8) is 0 Å². The molecule has 1 rings (SSSR count). The molecule has 2 nitrogen and oxygen atoms in total. The summed E-state index contributed by atoms with van der Waals surface area (Å²) in [6, 6.07) is 8.19. The summed E-state index contributed by atoms with van der Waals surface area (Å²) >= 11 is 1.85. The molecule has 0 heterocycles. The van der Waals surface area contributed by atoms with E-state index in [1.165, 1.54) is 17.7 Å². The Labute approximate surface area is 116 Å². The van der Waals surface area contributed by atoms with Crippen molar-refractivity contribution in [3.8, 4) is 5.75 Å². The van der Waals surface area contributed by atoms with Crippen LogP contribution in [-0.2, 0) is 0 Å². The first kappa shape index (κ1) is 15.4. The van der Waals surface area contributed by atoms with Crippen LogP contribution in [0.15, 0.2) is 29.2 Å². The molecule has 0 radical (unpaired) electrons. The lowest BCUT2D eigenvalue weighted by molar-refractivity contribution is 0.405. The van der Waals surface area contributed by atoms with E-state index in [0.29, 0.717) is 0 Å². The average Bonchev–Trinajstić information content (AvgIpc) is 2.37. The average molecular weight is 267 g/mol. The lowest BCUT2D eigenvalue weighted by atomic mass is 10.1. The minimum absolute atomic E-state index is 0.815. The molecule has 0 aliphatic rings. The van der Waals surface area contributed by atoms with Crippen molar-refractivity contribution in [2.24, 2.45) is 5.92 Å². The Balaban J connectivity index is 2.10.